The second-order valence-corrected chi connectivity index (χ2v) is 9.65. The molecule has 0 saturated carbocycles. The number of pyridine rings is 2. The van der Waals surface area contributed by atoms with Gasteiger partial charge in [0.2, 0.25) is 0 Å². The molecule has 0 atom stereocenters. The maximum absolute atomic E-state index is 6.24. The maximum atomic E-state index is 6.24. The SMILES string of the molecule is Cc1cnc2c(c1)nc(-c1[c-]ccc3c1oc1ccccc13)n2-c1ccccc1.[Ir].[c-]1ccccc1-c1ccccn1. The molecule has 5 nitrogen and oxygen atoms in total. The number of rotatable bonds is 3. The molecule has 1 radical (unpaired) electrons. The van der Waals surface area contributed by atoms with Crippen molar-refractivity contribution in [2.75, 3.05) is 0 Å². The van der Waals surface area contributed by atoms with Gasteiger partial charge in [-0.15, -0.1) is 54.1 Å². The van der Waals surface area contributed by atoms with Crippen LogP contribution < -0.4 is 0 Å². The van der Waals surface area contributed by atoms with Crippen molar-refractivity contribution in [2.24, 2.45) is 0 Å². The zero-order valence-corrected chi connectivity index (χ0v) is 25.0. The molecule has 42 heavy (non-hydrogen) atoms. The fourth-order valence-corrected chi connectivity index (χ4v) is 4.99. The average molecular weight is 721 g/mol. The Balaban J connectivity index is 0.000000205. The molecule has 4 aromatic heterocycles. The van der Waals surface area contributed by atoms with Gasteiger partial charge in [-0.25, -0.2) is 4.98 Å². The summed E-state index contributed by atoms with van der Waals surface area (Å²) in [7, 11) is 0. The van der Waals surface area contributed by atoms with Gasteiger partial charge in [-0.3, -0.25) is 4.98 Å². The van der Waals surface area contributed by atoms with Crippen LogP contribution in [0.15, 0.2) is 132 Å². The molecule has 4 heterocycles. The van der Waals surface area contributed by atoms with Crippen LogP contribution in [0.1, 0.15) is 5.56 Å². The molecule has 0 aliphatic rings. The van der Waals surface area contributed by atoms with E-state index < -0.39 is 0 Å². The zero-order valence-electron chi connectivity index (χ0n) is 22.7. The Morgan fingerprint density at radius 2 is 1.55 bits per heavy atom. The second kappa shape index (κ2) is 11.9. The number of aryl methyl sites for hydroxylation is 1. The number of nitrogens with zero attached hydrogens (tertiary/aromatic N) is 4. The van der Waals surface area contributed by atoms with Gasteiger partial charge in [0.05, 0.1) is 16.9 Å². The third kappa shape index (κ3) is 5.14. The molecule has 4 aromatic carbocycles. The van der Waals surface area contributed by atoms with E-state index in [-0.39, 0.29) is 20.1 Å². The van der Waals surface area contributed by atoms with Crippen molar-refractivity contribution in [3.8, 4) is 28.3 Å². The van der Waals surface area contributed by atoms with Crippen LogP contribution in [0, 0.1) is 19.1 Å². The number of para-hydroxylation sites is 2. The number of furan rings is 1. The Hall–Kier alpha value is -4.90. The van der Waals surface area contributed by atoms with E-state index in [0.717, 1.165) is 67.0 Å². The van der Waals surface area contributed by atoms with Crippen LogP contribution in [-0.4, -0.2) is 19.5 Å². The summed E-state index contributed by atoms with van der Waals surface area (Å²) in [6.07, 6.45) is 3.66. The van der Waals surface area contributed by atoms with Crippen LogP contribution in [0.25, 0.3) is 61.4 Å². The van der Waals surface area contributed by atoms with Crippen molar-refractivity contribution in [3.63, 3.8) is 0 Å². The molecule has 8 aromatic rings. The van der Waals surface area contributed by atoms with E-state index in [4.69, 9.17) is 9.40 Å². The first kappa shape index (κ1) is 27.3. The van der Waals surface area contributed by atoms with E-state index >= 15 is 0 Å². The Bertz CT molecular complexity index is 2070. The third-order valence-electron chi connectivity index (χ3n) is 6.86. The number of hydrogen-bond acceptors (Lipinski definition) is 4. The van der Waals surface area contributed by atoms with Gasteiger partial charge in [0.1, 0.15) is 5.58 Å². The normalized spacial score (nSPS) is 10.8. The van der Waals surface area contributed by atoms with Gasteiger partial charge in [-0.05, 0) is 48.5 Å². The zero-order chi connectivity index (χ0) is 27.6. The van der Waals surface area contributed by atoms with E-state index in [1.807, 2.05) is 104 Å². The van der Waals surface area contributed by atoms with Crippen LogP contribution in [0.3, 0.4) is 0 Å². The van der Waals surface area contributed by atoms with E-state index in [0.29, 0.717) is 0 Å². The fourth-order valence-electron chi connectivity index (χ4n) is 4.99. The maximum Gasteiger partial charge on any atom is 0.155 e. The Morgan fingerprint density at radius 1 is 0.738 bits per heavy atom. The number of benzene rings is 4. The fraction of sp³-hybridized carbons (Fsp3) is 0.0278. The molecule has 0 unspecified atom stereocenters. The van der Waals surface area contributed by atoms with Crippen molar-refractivity contribution in [2.45, 2.75) is 6.92 Å². The van der Waals surface area contributed by atoms with Crippen LogP contribution in [-0.2, 0) is 20.1 Å². The van der Waals surface area contributed by atoms with E-state index in [1.165, 1.54) is 0 Å². The standard InChI is InChI=1S/C25H16N3O.C11H8N.Ir/c1-16-14-21-25(26-15-16)28(17-8-3-2-4-9-17)24(27-21)20-12-7-11-19-18-10-5-6-13-22(18)29-23(19)20;1-2-6-10(7-3-1)11-8-4-5-9-12-11;/h2-11,13-15H,1H3;1-6,8-9H;/q2*-1;. The van der Waals surface area contributed by atoms with E-state index in [1.54, 1.807) is 6.20 Å². The number of imidazole rings is 1. The molecule has 0 fully saturated rings. The van der Waals surface area contributed by atoms with Crippen molar-refractivity contribution in [3.05, 3.63) is 145 Å². The summed E-state index contributed by atoms with van der Waals surface area (Å²) in [5.41, 5.74) is 8.24. The molecule has 0 spiro atoms. The molecule has 8 rings (SSSR count). The molecule has 0 amide bonds. The Kier molecular flexibility index (Phi) is 7.74. The Morgan fingerprint density at radius 3 is 2.36 bits per heavy atom. The van der Waals surface area contributed by atoms with Crippen LogP contribution >= 0.6 is 0 Å². The van der Waals surface area contributed by atoms with Crippen molar-refractivity contribution >= 4 is 33.1 Å². The van der Waals surface area contributed by atoms with Gasteiger partial charge >= 0.3 is 0 Å². The molecule has 0 saturated heterocycles. The number of aromatic nitrogens is 4. The summed E-state index contributed by atoms with van der Waals surface area (Å²) in [4.78, 5) is 13.8. The minimum atomic E-state index is 0. The van der Waals surface area contributed by atoms with Gasteiger partial charge in [0.25, 0.3) is 0 Å². The monoisotopic (exact) mass is 721 g/mol. The first-order valence-corrected chi connectivity index (χ1v) is 13.4. The van der Waals surface area contributed by atoms with E-state index in [2.05, 4.69) is 50.9 Å². The first-order valence-electron chi connectivity index (χ1n) is 13.4. The van der Waals surface area contributed by atoms with Crippen LogP contribution in [0.2, 0.25) is 0 Å². The molecule has 0 bridgehead atoms. The quantitative estimate of drug-likeness (QED) is 0.172. The van der Waals surface area contributed by atoms with Crippen molar-refractivity contribution < 1.29 is 24.5 Å². The molecule has 6 heteroatoms. The van der Waals surface area contributed by atoms with Gasteiger partial charge in [0.15, 0.2) is 5.65 Å². The van der Waals surface area contributed by atoms with Gasteiger partial charge in [0, 0.05) is 43.6 Å². The van der Waals surface area contributed by atoms with E-state index in [9.17, 15) is 0 Å². The van der Waals surface area contributed by atoms with Crippen LogP contribution in [0.5, 0.6) is 0 Å². The van der Waals surface area contributed by atoms with Gasteiger partial charge in [-0.2, -0.15) is 0 Å². The average Bonchev–Trinajstić information content (AvgIpc) is 3.61. The summed E-state index contributed by atoms with van der Waals surface area (Å²) >= 11 is 0. The summed E-state index contributed by atoms with van der Waals surface area (Å²) in [5, 5.41) is 2.15. The molecule has 205 valence electrons. The molecule has 0 aliphatic heterocycles. The number of fused-ring (bicyclic) bond motifs is 4. The smallest absolute Gasteiger partial charge is 0.155 e. The summed E-state index contributed by atoms with van der Waals surface area (Å²) in [6, 6.07) is 44.5. The molecular formula is C36H24IrN4O-2. The van der Waals surface area contributed by atoms with Crippen molar-refractivity contribution in [1.29, 1.82) is 0 Å². The summed E-state index contributed by atoms with van der Waals surface area (Å²) in [6.45, 7) is 2.03. The predicted molar refractivity (Wildman–Crippen MR) is 164 cm³/mol. The predicted octanol–water partition coefficient (Wildman–Crippen LogP) is 8.64. The van der Waals surface area contributed by atoms with Gasteiger partial charge in [-0.1, -0.05) is 59.5 Å². The topological polar surface area (TPSA) is 56.7 Å². The molecular weight excluding hydrogens is 697 g/mol. The van der Waals surface area contributed by atoms with Gasteiger partial charge < -0.3 is 14.0 Å². The molecule has 0 N–H and O–H groups in total. The summed E-state index contributed by atoms with van der Waals surface area (Å²) < 4.78 is 8.32. The van der Waals surface area contributed by atoms with Crippen LogP contribution in [0.4, 0.5) is 0 Å². The Labute approximate surface area is 256 Å². The number of hydrogen-bond donors (Lipinski definition) is 0. The first-order chi connectivity index (χ1) is 20.3. The largest absolute Gasteiger partial charge is 0.501 e. The minimum Gasteiger partial charge on any atom is -0.501 e. The van der Waals surface area contributed by atoms with Crippen molar-refractivity contribution in [1.82, 2.24) is 19.5 Å². The minimum absolute atomic E-state index is 0. The molecule has 0 aliphatic carbocycles. The summed E-state index contributed by atoms with van der Waals surface area (Å²) in [5.74, 6) is 0.772. The third-order valence-corrected chi connectivity index (χ3v) is 6.86. The second-order valence-electron chi connectivity index (χ2n) is 9.65.